The molecule has 1 fully saturated rings. The van der Waals surface area contributed by atoms with E-state index >= 15 is 0 Å². The fraction of sp³-hybridized carbons (Fsp3) is 0.406. The SMILES string of the molecule is Cl.O=C(NS(=O)(=O)CCCO)c1ccc(-c2ccc(OCCNC[C@@H](O)c3ccccc3)cc2)cc1OC1CCCCC1. The molecular formula is C32H41ClN2O7S. The van der Waals surface area contributed by atoms with Crippen molar-refractivity contribution in [3.05, 3.63) is 83.9 Å². The van der Waals surface area contributed by atoms with Crippen molar-refractivity contribution in [2.24, 2.45) is 0 Å². The number of carbonyl (C=O) groups is 1. The molecule has 0 saturated heterocycles. The number of halogens is 1. The van der Waals surface area contributed by atoms with Crippen LogP contribution in [0.2, 0.25) is 0 Å². The first-order chi connectivity index (χ1) is 20.3. The van der Waals surface area contributed by atoms with Gasteiger partial charge in [0.1, 0.15) is 18.1 Å². The van der Waals surface area contributed by atoms with E-state index in [1.807, 2.05) is 54.6 Å². The van der Waals surface area contributed by atoms with Gasteiger partial charge in [-0.2, -0.15) is 0 Å². The minimum absolute atomic E-state index is 0. The van der Waals surface area contributed by atoms with Gasteiger partial charge in [-0.05, 0) is 73.1 Å². The zero-order valence-corrected chi connectivity index (χ0v) is 25.7. The van der Waals surface area contributed by atoms with Crippen molar-refractivity contribution in [1.29, 1.82) is 0 Å². The van der Waals surface area contributed by atoms with Gasteiger partial charge in [-0.15, -0.1) is 12.4 Å². The van der Waals surface area contributed by atoms with Gasteiger partial charge in [-0.1, -0.05) is 55.0 Å². The van der Waals surface area contributed by atoms with Gasteiger partial charge >= 0.3 is 0 Å². The number of hydrogen-bond donors (Lipinski definition) is 4. The van der Waals surface area contributed by atoms with Gasteiger partial charge in [0.25, 0.3) is 5.91 Å². The zero-order chi connectivity index (χ0) is 29.8. The fourth-order valence-corrected chi connectivity index (χ4v) is 5.87. The van der Waals surface area contributed by atoms with E-state index in [1.54, 1.807) is 18.2 Å². The molecule has 1 aliphatic rings. The molecule has 0 unspecified atom stereocenters. The van der Waals surface area contributed by atoms with Crippen molar-refractivity contribution >= 4 is 28.3 Å². The highest BCUT2D eigenvalue weighted by Crippen LogP contribution is 2.32. The molecule has 0 bridgehead atoms. The predicted octanol–water partition coefficient (Wildman–Crippen LogP) is 4.63. The Morgan fingerprint density at radius 3 is 2.35 bits per heavy atom. The van der Waals surface area contributed by atoms with Crippen LogP contribution in [0.5, 0.6) is 11.5 Å². The Morgan fingerprint density at radius 2 is 1.65 bits per heavy atom. The first kappa shape index (κ1) is 34.3. The summed E-state index contributed by atoms with van der Waals surface area (Å²) in [7, 11) is -3.88. The third kappa shape index (κ3) is 10.8. The van der Waals surface area contributed by atoms with Crippen molar-refractivity contribution in [3.8, 4) is 22.6 Å². The molecule has 11 heteroatoms. The van der Waals surface area contributed by atoms with Crippen molar-refractivity contribution < 1.29 is 32.9 Å². The van der Waals surface area contributed by atoms with Crippen LogP contribution in [0.15, 0.2) is 72.8 Å². The molecule has 1 aliphatic carbocycles. The molecule has 0 heterocycles. The Bertz CT molecular complexity index is 1380. The average Bonchev–Trinajstić information content (AvgIpc) is 3.01. The topological polar surface area (TPSA) is 134 Å². The van der Waals surface area contributed by atoms with Gasteiger partial charge in [0, 0.05) is 19.7 Å². The number of sulfonamides is 1. The molecule has 4 rings (SSSR count). The van der Waals surface area contributed by atoms with Crippen molar-refractivity contribution in [3.63, 3.8) is 0 Å². The number of ether oxygens (including phenoxy) is 2. The molecule has 0 aromatic heterocycles. The van der Waals surface area contributed by atoms with E-state index in [9.17, 15) is 18.3 Å². The molecule has 0 aliphatic heterocycles. The minimum atomic E-state index is -3.88. The summed E-state index contributed by atoms with van der Waals surface area (Å²) in [6.07, 6.45) is 4.43. The first-order valence-electron chi connectivity index (χ1n) is 14.5. The summed E-state index contributed by atoms with van der Waals surface area (Å²) < 4.78 is 38.8. The van der Waals surface area contributed by atoms with E-state index in [0.29, 0.717) is 31.2 Å². The van der Waals surface area contributed by atoms with Gasteiger partial charge in [0.05, 0.1) is 23.5 Å². The molecule has 43 heavy (non-hydrogen) atoms. The lowest BCUT2D eigenvalue weighted by atomic mass is 9.97. The Morgan fingerprint density at radius 1 is 0.953 bits per heavy atom. The van der Waals surface area contributed by atoms with Crippen molar-refractivity contribution in [2.75, 3.05) is 32.1 Å². The molecule has 1 atom stereocenters. The Hall–Kier alpha value is -3.15. The van der Waals surface area contributed by atoms with E-state index in [-0.39, 0.29) is 42.9 Å². The summed E-state index contributed by atoms with van der Waals surface area (Å²) in [6.45, 7) is 1.16. The van der Waals surface area contributed by atoms with Gasteiger partial charge in [0.15, 0.2) is 0 Å². The maximum absolute atomic E-state index is 13.0. The smallest absolute Gasteiger partial charge is 0.268 e. The standard InChI is InChI=1S/C32H40N2O7S.ClH/c35-19-7-21-42(38,39)34-32(37)29-17-14-26(22-31(29)41-28-10-5-2-6-11-28)24-12-15-27(16-13-24)40-20-18-33-23-30(36)25-8-3-1-4-9-25;/h1,3-4,8-9,12-17,22,28,30,33,35-36H,2,5-7,10-11,18-21,23H2,(H,34,37);1H/t30-;/m1./s1. The summed E-state index contributed by atoms with van der Waals surface area (Å²) in [5.74, 6) is -0.0454. The van der Waals surface area contributed by atoms with Crippen LogP contribution in [0.4, 0.5) is 0 Å². The van der Waals surface area contributed by atoms with Crippen LogP contribution in [-0.2, 0) is 10.0 Å². The van der Waals surface area contributed by atoms with Crippen molar-refractivity contribution in [2.45, 2.75) is 50.7 Å². The molecule has 3 aromatic carbocycles. The second kappa shape index (κ2) is 17.2. The fourth-order valence-electron chi connectivity index (χ4n) is 4.87. The number of amides is 1. The number of benzene rings is 3. The van der Waals surface area contributed by atoms with E-state index in [2.05, 4.69) is 10.0 Å². The third-order valence-corrected chi connectivity index (χ3v) is 8.47. The summed E-state index contributed by atoms with van der Waals surface area (Å²) >= 11 is 0. The maximum Gasteiger partial charge on any atom is 0.268 e. The van der Waals surface area contributed by atoms with Crippen LogP contribution in [-0.4, -0.2) is 62.7 Å². The predicted molar refractivity (Wildman–Crippen MR) is 169 cm³/mol. The molecule has 0 spiro atoms. The Balaban J connectivity index is 0.00000506. The molecule has 1 amide bonds. The molecule has 1 saturated carbocycles. The van der Waals surface area contributed by atoms with Crippen molar-refractivity contribution in [1.82, 2.24) is 10.0 Å². The van der Waals surface area contributed by atoms with Gasteiger partial charge in [-0.25, -0.2) is 13.1 Å². The quantitative estimate of drug-likeness (QED) is 0.178. The summed E-state index contributed by atoms with van der Waals surface area (Å²) in [5.41, 5.74) is 2.73. The number of aliphatic hydroxyl groups excluding tert-OH is 2. The van der Waals surface area contributed by atoms with E-state index in [1.165, 1.54) is 0 Å². The molecule has 234 valence electrons. The largest absolute Gasteiger partial charge is 0.492 e. The van der Waals surface area contributed by atoms with Crippen LogP contribution in [0.25, 0.3) is 11.1 Å². The Labute approximate surface area is 260 Å². The molecule has 4 N–H and O–H groups in total. The first-order valence-corrected chi connectivity index (χ1v) is 16.1. The van der Waals surface area contributed by atoms with Gasteiger partial charge in [0.2, 0.25) is 10.0 Å². The second-order valence-corrected chi connectivity index (χ2v) is 12.3. The molecule has 0 radical (unpaired) electrons. The number of rotatable bonds is 15. The number of aliphatic hydroxyl groups is 2. The Kier molecular flexibility index (Phi) is 13.8. The van der Waals surface area contributed by atoms with Gasteiger partial charge in [-0.3, -0.25) is 4.79 Å². The lowest BCUT2D eigenvalue weighted by Crippen LogP contribution is -2.33. The van der Waals surface area contributed by atoms with Crippen LogP contribution < -0.4 is 19.5 Å². The summed E-state index contributed by atoms with van der Waals surface area (Å²) in [5, 5.41) is 22.4. The minimum Gasteiger partial charge on any atom is -0.492 e. The third-order valence-electron chi connectivity index (χ3n) is 7.15. The normalized spacial score (nSPS) is 14.4. The second-order valence-electron chi connectivity index (χ2n) is 10.4. The zero-order valence-electron chi connectivity index (χ0n) is 24.1. The number of carbonyl (C=O) groups excluding carboxylic acids is 1. The van der Waals surface area contributed by atoms with E-state index < -0.39 is 22.0 Å². The number of hydrogen-bond acceptors (Lipinski definition) is 8. The molecule has 3 aromatic rings. The van der Waals surface area contributed by atoms with E-state index in [4.69, 9.17) is 14.6 Å². The number of nitrogens with one attached hydrogen (secondary N) is 2. The van der Waals surface area contributed by atoms with Crippen LogP contribution in [0.3, 0.4) is 0 Å². The highest BCUT2D eigenvalue weighted by atomic mass is 35.5. The summed E-state index contributed by atoms with van der Waals surface area (Å²) in [4.78, 5) is 13.0. The van der Waals surface area contributed by atoms with Crippen LogP contribution in [0.1, 0.15) is 60.6 Å². The highest BCUT2D eigenvalue weighted by Gasteiger charge is 2.23. The molecule has 9 nitrogen and oxygen atoms in total. The van der Waals surface area contributed by atoms with Crippen LogP contribution in [0, 0.1) is 0 Å². The highest BCUT2D eigenvalue weighted by molar-refractivity contribution is 7.90. The average molecular weight is 633 g/mol. The lowest BCUT2D eigenvalue weighted by molar-refractivity contribution is 0.0969. The lowest BCUT2D eigenvalue weighted by Gasteiger charge is -2.24. The van der Waals surface area contributed by atoms with Gasteiger partial charge < -0.3 is 25.0 Å². The van der Waals surface area contributed by atoms with E-state index in [0.717, 1.165) is 48.8 Å². The van der Waals surface area contributed by atoms with Crippen LogP contribution >= 0.6 is 12.4 Å². The molecular weight excluding hydrogens is 592 g/mol. The summed E-state index contributed by atoms with van der Waals surface area (Å²) in [6, 6.07) is 22.2. The maximum atomic E-state index is 13.0. The monoisotopic (exact) mass is 632 g/mol.